The van der Waals surface area contributed by atoms with Crippen molar-refractivity contribution in [1.29, 1.82) is 0 Å². The fraction of sp³-hybridized carbons (Fsp3) is 0.769. The van der Waals surface area contributed by atoms with Gasteiger partial charge in [-0.05, 0) is 118 Å². The number of aliphatic hydroxyl groups is 3. The fourth-order valence-electron chi connectivity index (χ4n) is 13.9. The maximum absolute atomic E-state index is 14.8. The van der Waals surface area contributed by atoms with Gasteiger partial charge < -0.3 is 24.8 Å². The summed E-state index contributed by atoms with van der Waals surface area (Å²) >= 11 is 0. The van der Waals surface area contributed by atoms with E-state index in [2.05, 4.69) is 62.9 Å². The molecule has 0 radical (unpaired) electrons. The average Bonchev–Trinajstić information content (AvgIpc) is 3.89. The Hall–Kier alpha value is -2.66. The molecule has 2 bridgehead atoms. The molecule has 6 aliphatic rings. The quantitative estimate of drug-likeness (QED) is 0.0865. The second-order valence-corrected chi connectivity index (χ2v) is 21.0. The molecule has 7 nitrogen and oxygen atoms in total. The van der Waals surface area contributed by atoms with Crippen molar-refractivity contribution < 1.29 is 34.4 Å². The van der Waals surface area contributed by atoms with Gasteiger partial charge in [0.1, 0.15) is 12.7 Å². The number of aliphatic hydroxyl groups excluding tert-OH is 2. The molecule has 326 valence electrons. The monoisotopic (exact) mass is 813 g/mol. The van der Waals surface area contributed by atoms with Crippen LogP contribution in [0.25, 0.3) is 0 Å². The van der Waals surface area contributed by atoms with Crippen LogP contribution >= 0.6 is 0 Å². The Morgan fingerprint density at radius 2 is 1.71 bits per heavy atom. The number of aryl methyl sites for hydroxylation is 1. The van der Waals surface area contributed by atoms with E-state index < -0.39 is 51.5 Å². The van der Waals surface area contributed by atoms with Gasteiger partial charge in [-0.25, -0.2) is 4.79 Å². The standard InChI is InChI=1S/C52H76O7/c1-5-6-9-19-39-22-23-41(33-39)49(4)31-26-44(54)52(43(53)24-21-37(2)16-14-20-38-17-10-7-11-18-38)46(49)42-35-48(3,51(52,57)32-25-40-34-45(55)58-36-40)27-15-30-50(47(56)59-42)28-12-8-13-29-50/h7,10-11,17-18,34,37,39,41-44,46,53-54,57H,5-6,8-9,12-14,16,19-26,28-33,35-36H2,1-4H3. The average molecular weight is 813 g/mol. The normalized spacial score (nSPS) is 37.5. The largest absolute Gasteiger partial charge is 0.462 e. The Morgan fingerprint density at radius 3 is 2.44 bits per heavy atom. The van der Waals surface area contributed by atoms with E-state index in [1.165, 1.54) is 43.7 Å². The minimum absolute atomic E-state index is 0.167. The van der Waals surface area contributed by atoms with Gasteiger partial charge >= 0.3 is 11.9 Å². The Morgan fingerprint density at radius 1 is 0.932 bits per heavy atom. The van der Waals surface area contributed by atoms with Crippen LogP contribution in [0.2, 0.25) is 0 Å². The van der Waals surface area contributed by atoms with Crippen molar-refractivity contribution in [3.05, 3.63) is 47.5 Å². The molecule has 2 heterocycles. The third-order valence-electron chi connectivity index (χ3n) is 17.3. The summed E-state index contributed by atoms with van der Waals surface area (Å²) in [5.41, 5.74) is -3.17. The van der Waals surface area contributed by atoms with Gasteiger partial charge in [0.05, 0.1) is 34.1 Å². The minimum atomic E-state index is -1.67. The van der Waals surface area contributed by atoms with Gasteiger partial charge in [-0.15, -0.1) is 5.92 Å². The Bertz CT molecular complexity index is 1700. The van der Waals surface area contributed by atoms with Crippen molar-refractivity contribution in [2.45, 2.75) is 199 Å². The predicted octanol–water partition coefficient (Wildman–Crippen LogP) is 10.2. The molecular formula is C52H76O7. The zero-order chi connectivity index (χ0) is 41.9. The van der Waals surface area contributed by atoms with E-state index in [9.17, 15) is 24.9 Å². The van der Waals surface area contributed by atoms with Gasteiger partial charge in [-0.2, -0.15) is 0 Å². The lowest BCUT2D eigenvalue weighted by Crippen LogP contribution is -2.79. The zero-order valence-electron chi connectivity index (χ0n) is 37.0. The van der Waals surface area contributed by atoms with Crippen molar-refractivity contribution >= 4 is 11.9 Å². The number of benzene rings is 1. The highest BCUT2D eigenvalue weighted by Crippen LogP contribution is 2.72. The first-order valence-corrected chi connectivity index (χ1v) is 24.0. The Kier molecular flexibility index (Phi) is 13.8. The first-order chi connectivity index (χ1) is 28.3. The minimum Gasteiger partial charge on any atom is -0.462 e. The summed E-state index contributed by atoms with van der Waals surface area (Å²) in [5.74, 6) is 7.38. The highest BCUT2D eigenvalue weighted by Gasteiger charge is 2.78. The summed E-state index contributed by atoms with van der Waals surface area (Å²) in [6, 6.07) is 10.6. The first-order valence-electron chi connectivity index (χ1n) is 24.0. The van der Waals surface area contributed by atoms with Crippen LogP contribution in [-0.2, 0) is 25.5 Å². The predicted molar refractivity (Wildman–Crippen MR) is 232 cm³/mol. The van der Waals surface area contributed by atoms with Crippen molar-refractivity contribution in [2.24, 2.45) is 45.3 Å². The molecule has 11 unspecified atom stereocenters. The van der Waals surface area contributed by atoms with Crippen LogP contribution < -0.4 is 0 Å². The summed E-state index contributed by atoms with van der Waals surface area (Å²) in [4.78, 5) is 27.1. The molecule has 7 rings (SSSR count). The molecule has 7 heteroatoms. The van der Waals surface area contributed by atoms with Gasteiger partial charge in [0.2, 0.25) is 0 Å². The smallest absolute Gasteiger partial charge is 0.331 e. The molecule has 1 spiro atoms. The number of hydrogen-bond donors (Lipinski definition) is 3. The van der Waals surface area contributed by atoms with Crippen LogP contribution in [0.4, 0.5) is 0 Å². The first kappa shape index (κ1) is 44.4. The second kappa shape index (κ2) is 18.4. The van der Waals surface area contributed by atoms with E-state index in [1.807, 2.05) is 6.92 Å². The van der Waals surface area contributed by atoms with Crippen molar-refractivity contribution in [3.8, 4) is 11.8 Å². The molecule has 0 aromatic heterocycles. The number of carbonyl (C=O) groups excluding carboxylic acids is 2. The molecule has 1 aromatic rings. The van der Waals surface area contributed by atoms with E-state index in [0.717, 1.165) is 82.6 Å². The molecule has 3 N–H and O–H groups in total. The van der Waals surface area contributed by atoms with Gasteiger partial charge in [-0.1, -0.05) is 115 Å². The fourth-order valence-corrected chi connectivity index (χ4v) is 13.9. The highest BCUT2D eigenvalue weighted by molar-refractivity contribution is 5.85. The van der Waals surface area contributed by atoms with Crippen LogP contribution in [0.3, 0.4) is 0 Å². The SMILES string of the molecule is CCCCCC1CCC(C2(C)CCC(O)C3(C(O)CCC(C)CCCc4ccccc4)C2C2CC(C)(C#CCC4(CCCCC4)C(=O)O2)C3(O)CCC2=CC(=O)OC2)C1. The molecular weight excluding hydrogens is 737 g/mol. The van der Waals surface area contributed by atoms with E-state index >= 15 is 0 Å². The number of rotatable bonds is 16. The number of carbonyl (C=O) groups is 2. The molecule has 4 aliphatic carbocycles. The molecule has 4 fully saturated rings. The molecule has 2 aliphatic heterocycles. The number of cyclic esters (lactones) is 1. The zero-order valence-corrected chi connectivity index (χ0v) is 37.0. The van der Waals surface area contributed by atoms with Crippen LogP contribution in [0.5, 0.6) is 0 Å². The molecule has 0 saturated heterocycles. The Balaban J connectivity index is 1.31. The number of hydrogen-bond acceptors (Lipinski definition) is 7. The second-order valence-electron chi connectivity index (χ2n) is 21.0. The van der Waals surface area contributed by atoms with E-state index in [-0.39, 0.29) is 25.0 Å². The topological polar surface area (TPSA) is 113 Å². The maximum atomic E-state index is 14.8. The number of ether oxygens (including phenoxy) is 2. The van der Waals surface area contributed by atoms with E-state index in [1.54, 1.807) is 0 Å². The Labute approximate surface area is 355 Å². The lowest BCUT2D eigenvalue weighted by Gasteiger charge is -2.71. The third-order valence-corrected chi connectivity index (χ3v) is 17.3. The van der Waals surface area contributed by atoms with Gasteiger partial charge in [0.25, 0.3) is 0 Å². The van der Waals surface area contributed by atoms with Gasteiger partial charge in [0, 0.05) is 24.8 Å². The molecule has 11 atom stereocenters. The van der Waals surface area contributed by atoms with E-state index in [0.29, 0.717) is 49.9 Å². The van der Waals surface area contributed by atoms with Crippen LogP contribution in [-0.4, -0.2) is 57.8 Å². The summed E-state index contributed by atoms with van der Waals surface area (Å²) in [5, 5.41) is 40.6. The maximum Gasteiger partial charge on any atom is 0.331 e. The third kappa shape index (κ3) is 8.47. The number of fused-ring (bicyclic) bond motifs is 4. The van der Waals surface area contributed by atoms with Crippen molar-refractivity contribution in [3.63, 3.8) is 0 Å². The summed E-state index contributed by atoms with van der Waals surface area (Å²) in [7, 11) is 0. The molecule has 59 heavy (non-hydrogen) atoms. The lowest BCUT2D eigenvalue weighted by atomic mass is 9.35. The summed E-state index contributed by atoms with van der Waals surface area (Å²) in [6.45, 7) is 9.08. The number of unbranched alkanes of at least 4 members (excludes halogenated alkanes) is 2. The highest BCUT2D eigenvalue weighted by atomic mass is 16.5. The summed E-state index contributed by atoms with van der Waals surface area (Å²) in [6.07, 6.45) is 18.3. The van der Waals surface area contributed by atoms with Gasteiger partial charge in [0.15, 0.2) is 0 Å². The van der Waals surface area contributed by atoms with Crippen LogP contribution in [0, 0.1) is 57.2 Å². The van der Waals surface area contributed by atoms with Crippen LogP contribution in [0.15, 0.2) is 42.0 Å². The summed E-state index contributed by atoms with van der Waals surface area (Å²) < 4.78 is 12.4. The van der Waals surface area contributed by atoms with Crippen molar-refractivity contribution in [1.82, 2.24) is 0 Å². The lowest BCUT2D eigenvalue weighted by molar-refractivity contribution is -0.338. The van der Waals surface area contributed by atoms with E-state index in [4.69, 9.17) is 9.47 Å². The molecule has 1 aromatic carbocycles. The van der Waals surface area contributed by atoms with Crippen LogP contribution in [0.1, 0.15) is 175 Å². The van der Waals surface area contributed by atoms with Crippen molar-refractivity contribution in [2.75, 3.05) is 6.61 Å². The molecule has 0 amide bonds. The number of esters is 2. The van der Waals surface area contributed by atoms with Gasteiger partial charge in [-0.3, -0.25) is 4.79 Å². The molecule has 4 saturated carbocycles.